The number of aromatic nitrogens is 1. The maximum Gasteiger partial charge on any atom is 0.328 e. The molecule has 2 aromatic rings. The Morgan fingerprint density at radius 2 is 2.10 bits per heavy atom. The third-order valence-electron chi connectivity index (χ3n) is 2.73. The van der Waals surface area contributed by atoms with Gasteiger partial charge in [-0.1, -0.05) is 0 Å². The molecule has 2 N–H and O–H groups in total. The first-order chi connectivity index (χ1) is 9.95. The number of amides is 1. The molecule has 0 saturated heterocycles. The molecule has 0 aliphatic heterocycles. The maximum absolute atomic E-state index is 12.1. The predicted octanol–water partition coefficient (Wildman–Crippen LogP) is 2.64. The number of carbonyl (C=O) groups is 2. The molecule has 0 spiro atoms. The minimum Gasteiger partial charge on any atom is -0.478 e. The highest BCUT2D eigenvalue weighted by atomic mass is 16.4. The first-order valence-electron chi connectivity index (χ1n) is 6.21. The van der Waals surface area contributed by atoms with E-state index in [0.29, 0.717) is 28.5 Å². The normalized spacial score (nSPS) is 10.8. The van der Waals surface area contributed by atoms with Gasteiger partial charge in [-0.2, -0.15) is 0 Å². The Balaban J connectivity index is 2.16. The SMILES string of the molecule is Cc1cc(C(=O)Nc2cc(/C=C/C(=O)O)ccn2)c(C)o1. The lowest BCUT2D eigenvalue weighted by Crippen LogP contribution is -2.13. The smallest absolute Gasteiger partial charge is 0.328 e. The average molecular weight is 286 g/mol. The van der Waals surface area contributed by atoms with E-state index in [1.54, 1.807) is 32.0 Å². The zero-order valence-electron chi connectivity index (χ0n) is 11.6. The fourth-order valence-corrected chi connectivity index (χ4v) is 1.83. The summed E-state index contributed by atoms with van der Waals surface area (Å²) in [6.07, 6.45) is 3.93. The third-order valence-corrected chi connectivity index (χ3v) is 2.73. The maximum atomic E-state index is 12.1. The molecule has 2 rings (SSSR count). The van der Waals surface area contributed by atoms with Crippen LogP contribution in [0.15, 0.2) is 34.9 Å². The second kappa shape index (κ2) is 6.04. The predicted molar refractivity (Wildman–Crippen MR) is 77.0 cm³/mol. The van der Waals surface area contributed by atoms with Crippen LogP contribution in [0.3, 0.4) is 0 Å². The quantitative estimate of drug-likeness (QED) is 0.843. The van der Waals surface area contributed by atoms with Crippen LogP contribution < -0.4 is 5.32 Å². The fraction of sp³-hybridized carbons (Fsp3) is 0.133. The highest BCUT2D eigenvalue weighted by Gasteiger charge is 2.14. The van der Waals surface area contributed by atoms with Crippen LogP contribution in [-0.2, 0) is 4.79 Å². The van der Waals surface area contributed by atoms with Gasteiger partial charge in [-0.3, -0.25) is 4.79 Å². The summed E-state index contributed by atoms with van der Waals surface area (Å²) in [5.74, 6) is 0.166. The highest BCUT2D eigenvalue weighted by molar-refractivity contribution is 6.04. The van der Waals surface area contributed by atoms with Crippen LogP contribution in [0.4, 0.5) is 5.82 Å². The minimum absolute atomic E-state index is 0.323. The molecule has 0 bridgehead atoms. The van der Waals surface area contributed by atoms with Gasteiger partial charge in [-0.05, 0) is 43.7 Å². The van der Waals surface area contributed by atoms with Gasteiger partial charge in [0.1, 0.15) is 17.3 Å². The van der Waals surface area contributed by atoms with E-state index in [1.807, 2.05) is 0 Å². The van der Waals surface area contributed by atoms with E-state index in [9.17, 15) is 9.59 Å². The molecular formula is C15H14N2O4. The summed E-state index contributed by atoms with van der Waals surface area (Å²) < 4.78 is 5.30. The second-order valence-electron chi connectivity index (χ2n) is 4.43. The molecule has 1 amide bonds. The molecule has 0 fully saturated rings. The number of carbonyl (C=O) groups excluding carboxylic acids is 1. The standard InChI is InChI=1S/C15H14N2O4/c1-9-7-12(10(2)21-9)15(20)17-13-8-11(5-6-16-13)3-4-14(18)19/h3-8H,1-2H3,(H,18,19)(H,16,17,20)/b4-3+. The lowest BCUT2D eigenvalue weighted by Gasteiger charge is -2.04. The van der Waals surface area contributed by atoms with Gasteiger partial charge in [0.15, 0.2) is 0 Å². The number of furan rings is 1. The Morgan fingerprint density at radius 1 is 1.33 bits per heavy atom. The van der Waals surface area contributed by atoms with Gasteiger partial charge >= 0.3 is 5.97 Å². The van der Waals surface area contributed by atoms with E-state index < -0.39 is 5.97 Å². The van der Waals surface area contributed by atoms with Crippen molar-refractivity contribution >= 4 is 23.8 Å². The number of aryl methyl sites for hydroxylation is 2. The van der Waals surface area contributed by atoms with Crippen molar-refractivity contribution in [3.05, 3.63) is 53.1 Å². The molecular weight excluding hydrogens is 272 g/mol. The Bertz CT molecular complexity index is 716. The summed E-state index contributed by atoms with van der Waals surface area (Å²) >= 11 is 0. The van der Waals surface area contributed by atoms with E-state index >= 15 is 0 Å². The number of hydrogen-bond acceptors (Lipinski definition) is 4. The van der Waals surface area contributed by atoms with Crippen LogP contribution in [0.2, 0.25) is 0 Å². The van der Waals surface area contributed by atoms with Crippen LogP contribution in [0.5, 0.6) is 0 Å². The highest BCUT2D eigenvalue weighted by Crippen LogP contribution is 2.16. The number of hydrogen-bond donors (Lipinski definition) is 2. The molecule has 0 aliphatic rings. The van der Waals surface area contributed by atoms with Crippen molar-refractivity contribution in [3.63, 3.8) is 0 Å². The summed E-state index contributed by atoms with van der Waals surface area (Å²) in [4.78, 5) is 26.6. The zero-order chi connectivity index (χ0) is 15.4. The van der Waals surface area contributed by atoms with Crippen LogP contribution >= 0.6 is 0 Å². The summed E-state index contributed by atoms with van der Waals surface area (Å²) in [5, 5.41) is 11.2. The molecule has 0 aliphatic carbocycles. The van der Waals surface area contributed by atoms with Crippen molar-refractivity contribution in [2.45, 2.75) is 13.8 Å². The van der Waals surface area contributed by atoms with Gasteiger partial charge in [-0.25, -0.2) is 9.78 Å². The van der Waals surface area contributed by atoms with Crippen molar-refractivity contribution in [2.75, 3.05) is 5.32 Å². The number of rotatable bonds is 4. The molecule has 0 aromatic carbocycles. The first kappa shape index (κ1) is 14.5. The van der Waals surface area contributed by atoms with E-state index in [4.69, 9.17) is 9.52 Å². The Hall–Kier alpha value is -2.89. The second-order valence-corrected chi connectivity index (χ2v) is 4.43. The monoisotopic (exact) mass is 286 g/mol. The number of carboxylic acids is 1. The summed E-state index contributed by atoms with van der Waals surface area (Å²) in [6.45, 7) is 3.47. The minimum atomic E-state index is -1.04. The van der Waals surface area contributed by atoms with Crippen molar-refractivity contribution in [1.29, 1.82) is 0 Å². The van der Waals surface area contributed by atoms with Gasteiger partial charge in [0, 0.05) is 12.3 Å². The molecule has 0 atom stereocenters. The number of aliphatic carboxylic acids is 1. The lowest BCUT2D eigenvalue weighted by molar-refractivity contribution is -0.131. The summed E-state index contributed by atoms with van der Waals surface area (Å²) in [7, 11) is 0. The molecule has 108 valence electrons. The summed E-state index contributed by atoms with van der Waals surface area (Å²) in [6, 6.07) is 4.88. The van der Waals surface area contributed by atoms with Crippen molar-refractivity contribution in [1.82, 2.24) is 4.98 Å². The number of anilines is 1. The van der Waals surface area contributed by atoms with E-state index in [1.165, 1.54) is 12.3 Å². The molecule has 6 nitrogen and oxygen atoms in total. The zero-order valence-corrected chi connectivity index (χ0v) is 11.6. The topological polar surface area (TPSA) is 92.4 Å². The first-order valence-corrected chi connectivity index (χ1v) is 6.21. The van der Waals surface area contributed by atoms with Gasteiger partial charge in [0.05, 0.1) is 5.56 Å². The van der Waals surface area contributed by atoms with Crippen molar-refractivity contribution in [2.24, 2.45) is 0 Å². The molecule has 0 saturated carbocycles. The van der Waals surface area contributed by atoms with E-state index in [0.717, 1.165) is 6.08 Å². The van der Waals surface area contributed by atoms with Crippen LogP contribution in [0.1, 0.15) is 27.4 Å². The third kappa shape index (κ3) is 3.79. The number of nitrogens with zero attached hydrogens (tertiary/aromatic N) is 1. The number of pyridine rings is 1. The largest absolute Gasteiger partial charge is 0.478 e. The molecule has 21 heavy (non-hydrogen) atoms. The molecule has 0 unspecified atom stereocenters. The molecule has 6 heteroatoms. The van der Waals surface area contributed by atoms with Gasteiger partial charge in [0.2, 0.25) is 0 Å². The summed E-state index contributed by atoms with van der Waals surface area (Å²) in [5.41, 5.74) is 1.07. The number of carboxylic acid groups (broad SMARTS) is 1. The fourth-order valence-electron chi connectivity index (χ4n) is 1.83. The number of nitrogens with one attached hydrogen (secondary N) is 1. The Morgan fingerprint density at radius 3 is 2.71 bits per heavy atom. The van der Waals surface area contributed by atoms with Crippen molar-refractivity contribution < 1.29 is 19.1 Å². The molecule has 2 heterocycles. The Labute approximate surface area is 121 Å². The van der Waals surface area contributed by atoms with Gasteiger partial charge in [-0.15, -0.1) is 0 Å². The van der Waals surface area contributed by atoms with Crippen molar-refractivity contribution in [3.8, 4) is 0 Å². The van der Waals surface area contributed by atoms with E-state index in [2.05, 4.69) is 10.3 Å². The molecule has 2 aromatic heterocycles. The van der Waals surface area contributed by atoms with Crippen LogP contribution in [0, 0.1) is 13.8 Å². The molecule has 0 radical (unpaired) electrons. The van der Waals surface area contributed by atoms with Gasteiger partial charge in [0.25, 0.3) is 5.91 Å². The van der Waals surface area contributed by atoms with E-state index in [-0.39, 0.29) is 5.91 Å². The van der Waals surface area contributed by atoms with Crippen LogP contribution in [0.25, 0.3) is 6.08 Å². The lowest BCUT2D eigenvalue weighted by atomic mass is 10.2. The van der Waals surface area contributed by atoms with Crippen LogP contribution in [-0.4, -0.2) is 22.0 Å². The van der Waals surface area contributed by atoms with Gasteiger partial charge < -0.3 is 14.8 Å². The Kier molecular flexibility index (Phi) is 4.18. The average Bonchev–Trinajstić information content (AvgIpc) is 2.76.